The summed E-state index contributed by atoms with van der Waals surface area (Å²) in [6.07, 6.45) is 1.80. The Hall–Kier alpha value is -1.74. The summed E-state index contributed by atoms with van der Waals surface area (Å²) in [5.74, 6) is 0. The van der Waals surface area contributed by atoms with Crippen LogP contribution in [-0.2, 0) is 6.54 Å². The van der Waals surface area contributed by atoms with Crippen molar-refractivity contribution >= 4 is 17.3 Å². The zero-order valence-electron chi connectivity index (χ0n) is 10.2. The van der Waals surface area contributed by atoms with Gasteiger partial charge in [0.1, 0.15) is 0 Å². The van der Waals surface area contributed by atoms with E-state index in [9.17, 15) is 4.79 Å². The van der Waals surface area contributed by atoms with Crippen molar-refractivity contribution in [3.63, 3.8) is 0 Å². The lowest BCUT2D eigenvalue weighted by Crippen LogP contribution is -2.24. The lowest BCUT2D eigenvalue weighted by atomic mass is 10.3. The number of halogens is 1. The van der Waals surface area contributed by atoms with E-state index in [1.54, 1.807) is 10.8 Å². The van der Waals surface area contributed by atoms with Gasteiger partial charge >= 0.3 is 0 Å². The highest BCUT2D eigenvalue weighted by Crippen LogP contribution is 2.12. The molecule has 0 aliphatic rings. The quantitative estimate of drug-likeness (QED) is 0.919. The summed E-state index contributed by atoms with van der Waals surface area (Å²) in [7, 11) is 0. The number of hydrogen-bond donors (Lipinski definition) is 1. The number of rotatable bonds is 4. The minimum absolute atomic E-state index is 0.0652. The summed E-state index contributed by atoms with van der Waals surface area (Å²) in [6.45, 7) is 3.17. The van der Waals surface area contributed by atoms with Gasteiger partial charge in [-0.15, -0.1) is 0 Å². The van der Waals surface area contributed by atoms with E-state index in [0.29, 0.717) is 13.1 Å². The van der Waals surface area contributed by atoms with Gasteiger partial charge in [-0.3, -0.25) is 4.79 Å². The average Bonchev–Trinajstić information content (AvgIpc) is 2.37. The van der Waals surface area contributed by atoms with Gasteiger partial charge in [-0.05, 0) is 37.3 Å². The topological polar surface area (TPSA) is 34.0 Å². The Labute approximate surface area is 111 Å². The molecule has 3 nitrogen and oxygen atoms in total. The molecule has 4 heteroatoms. The third-order valence-corrected chi connectivity index (χ3v) is 2.99. The van der Waals surface area contributed by atoms with Gasteiger partial charge in [0, 0.05) is 35.6 Å². The van der Waals surface area contributed by atoms with Gasteiger partial charge in [0.15, 0.2) is 0 Å². The predicted molar refractivity (Wildman–Crippen MR) is 75.4 cm³/mol. The van der Waals surface area contributed by atoms with Crippen molar-refractivity contribution in [1.29, 1.82) is 0 Å². The van der Waals surface area contributed by atoms with Crippen LogP contribution in [0.2, 0.25) is 5.02 Å². The van der Waals surface area contributed by atoms with Crippen LogP contribution in [0.4, 0.5) is 5.69 Å². The van der Waals surface area contributed by atoms with E-state index in [0.717, 1.165) is 16.3 Å². The van der Waals surface area contributed by atoms with Crippen molar-refractivity contribution in [2.24, 2.45) is 0 Å². The Kier molecular flexibility index (Phi) is 4.05. The molecule has 0 spiro atoms. The number of hydrogen-bond acceptors (Lipinski definition) is 2. The van der Waals surface area contributed by atoms with E-state index < -0.39 is 0 Å². The van der Waals surface area contributed by atoms with Gasteiger partial charge in [0.05, 0.1) is 0 Å². The maximum atomic E-state index is 11.8. The SMILES string of the molecule is Cc1cccn(CCNc2ccc(Cl)cc2)c1=O. The highest BCUT2D eigenvalue weighted by atomic mass is 35.5. The maximum Gasteiger partial charge on any atom is 0.253 e. The molecule has 1 aromatic carbocycles. The highest BCUT2D eigenvalue weighted by molar-refractivity contribution is 6.30. The van der Waals surface area contributed by atoms with Gasteiger partial charge < -0.3 is 9.88 Å². The van der Waals surface area contributed by atoms with E-state index in [1.807, 2.05) is 43.3 Å². The van der Waals surface area contributed by atoms with Gasteiger partial charge in [0.2, 0.25) is 0 Å². The number of pyridine rings is 1. The number of nitrogens with one attached hydrogen (secondary N) is 1. The Bertz CT molecular complexity index is 575. The molecule has 0 aliphatic heterocycles. The Morgan fingerprint density at radius 3 is 2.67 bits per heavy atom. The molecular formula is C14H15ClN2O. The van der Waals surface area contributed by atoms with Crippen LogP contribution in [0.25, 0.3) is 0 Å². The fourth-order valence-corrected chi connectivity index (χ4v) is 1.85. The fraction of sp³-hybridized carbons (Fsp3) is 0.214. The fourth-order valence-electron chi connectivity index (χ4n) is 1.72. The smallest absolute Gasteiger partial charge is 0.253 e. The molecule has 0 unspecified atom stereocenters. The van der Waals surface area contributed by atoms with Crippen LogP contribution in [0.15, 0.2) is 47.4 Å². The summed E-state index contributed by atoms with van der Waals surface area (Å²) < 4.78 is 1.71. The van der Waals surface area contributed by atoms with Gasteiger partial charge in [-0.2, -0.15) is 0 Å². The number of aryl methyl sites for hydroxylation is 1. The van der Waals surface area contributed by atoms with E-state index in [1.165, 1.54) is 0 Å². The second kappa shape index (κ2) is 5.74. The average molecular weight is 263 g/mol. The Morgan fingerprint density at radius 1 is 1.22 bits per heavy atom. The Morgan fingerprint density at radius 2 is 1.94 bits per heavy atom. The summed E-state index contributed by atoms with van der Waals surface area (Å²) >= 11 is 5.81. The minimum Gasteiger partial charge on any atom is -0.383 e. The van der Waals surface area contributed by atoms with Crippen molar-refractivity contribution in [3.8, 4) is 0 Å². The molecule has 0 aliphatic carbocycles. The largest absolute Gasteiger partial charge is 0.383 e. The molecule has 0 atom stereocenters. The van der Waals surface area contributed by atoms with Crippen molar-refractivity contribution in [2.75, 3.05) is 11.9 Å². The first kappa shape index (κ1) is 12.7. The first-order valence-electron chi connectivity index (χ1n) is 5.82. The number of anilines is 1. The number of aromatic nitrogens is 1. The van der Waals surface area contributed by atoms with Crippen molar-refractivity contribution < 1.29 is 0 Å². The molecule has 0 saturated carbocycles. The number of nitrogens with zero attached hydrogens (tertiary/aromatic N) is 1. The molecule has 2 rings (SSSR count). The molecule has 0 bridgehead atoms. The second-order valence-corrected chi connectivity index (χ2v) is 4.56. The monoisotopic (exact) mass is 262 g/mol. The van der Waals surface area contributed by atoms with Crippen LogP contribution in [0.3, 0.4) is 0 Å². The van der Waals surface area contributed by atoms with Gasteiger partial charge in [-0.25, -0.2) is 0 Å². The predicted octanol–water partition coefficient (Wildman–Crippen LogP) is 2.92. The van der Waals surface area contributed by atoms with Crippen LogP contribution < -0.4 is 10.9 Å². The first-order valence-corrected chi connectivity index (χ1v) is 6.20. The summed E-state index contributed by atoms with van der Waals surface area (Å²) in [5.41, 5.74) is 1.83. The van der Waals surface area contributed by atoms with E-state index >= 15 is 0 Å². The van der Waals surface area contributed by atoms with Crippen LogP contribution in [0.5, 0.6) is 0 Å². The third kappa shape index (κ3) is 3.14. The van der Waals surface area contributed by atoms with Crippen molar-refractivity contribution in [3.05, 3.63) is 63.5 Å². The molecule has 0 amide bonds. The summed E-state index contributed by atoms with van der Waals surface area (Å²) in [4.78, 5) is 11.8. The van der Waals surface area contributed by atoms with E-state index in [-0.39, 0.29) is 5.56 Å². The maximum absolute atomic E-state index is 11.8. The van der Waals surface area contributed by atoms with Crippen LogP contribution in [-0.4, -0.2) is 11.1 Å². The van der Waals surface area contributed by atoms with Crippen molar-refractivity contribution in [2.45, 2.75) is 13.5 Å². The normalized spacial score (nSPS) is 10.3. The zero-order chi connectivity index (χ0) is 13.0. The van der Waals surface area contributed by atoms with Crippen LogP contribution >= 0.6 is 11.6 Å². The van der Waals surface area contributed by atoms with Gasteiger partial charge in [0.25, 0.3) is 5.56 Å². The number of benzene rings is 1. The molecule has 2 aromatic rings. The molecule has 94 valence electrons. The molecule has 0 radical (unpaired) electrons. The molecule has 1 aromatic heterocycles. The third-order valence-electron chi connectivity index (χ3n) is 2.74. The Balaban J connectivity index is 1.94. The molecule has 1 N–H and O–H groups in total. The highest BCUT2D eigenvalue weighted by Gasteiger charge is 1.98. The lowest BCUT2D eigenvalue weighted by molar-refractivity contribution is 0.693. The molecule has 0 fully saturated rings. The zero-order valence-corrected chi connectivity index (χ0v) is 10.9. The van der Waals surface area contributed by atoms with E-state index in [2.05, 4.69) is 5.32 Å². The molecule has 18 heavy (non-hydrogen) atoms. The standard InChI is InChI=1S/C14H15ClN2O/c1-11-3-2-9-17(14(11)18)10-8-16-13-6-4-12(15)5-7-13/h2-7,9,16H,8,10H2,1H3. The van der Waals surface area contributed by atoms with Gasteiger partial charge in [-0.1, -0.05) is 17.7 Å². The minimum atomic E-state index is 0.0652. The van der Waals surface area contributed by atoms with Crippen molar-refractivity contribution in [1.82, 2.24) is 4.57 Å². The summed E-state index contributed by atoms with van der Waals surface area (Å²) in [6, 6.07) is 11.2. The molecular weight excluding hydrogens is 248 g/mol. The van der Waals surface area contributed by atoms with E-state index in [4.69, 9.17) is 11.6 Å². The second-order valence-electron chi connectivity index (χ2n) is 4.12. The lowest BCUT2D eigenvalue weighted by Gasteiger charge is -2.09. The molecule has 1 heterocycles. The van der Waals surface area contributed by atoms with Crippen LogP contribution in [0, 0.1) is 6.92 Å². The summed E-state index contributed by atoms with van der Waals surface area (Å²) in [5, 5.41) is 3.97. The van der Waals surface area contributed by atoms with Crippen LogP contribution in [0.1, 0.15) is 5.56 Å². The molecule has 0 saturated heterocycles. The first-order chi connectivity index (χ1) is 8.66.